The zero-order valence-electron chi connectivity index (χ0n) is 13.6. The van der Waals surface area contributed by atoms with Gasteiger partial charge in [-0.2, -0.15) is 0 Å². The van der Waals surface area contributed by atoms with Gasteiger partial charge in [0.1, 0.15) is 0 Å². The normalized spacial score (nSPS) is 19.0. The van der Waals surface area contributed by atoms with Crippen LogP contribution in [0.3, 0.4) is 0 Å². The van der Waals surface area contributed by atoms with E-state index >= 15 is 0 Å². The third-order valence-corrected chi connectivity index (χ3v) is 4.12. The van der Waals surface area contributed by atoms with Crippen molar-refractivity contribution in [1.29, 1.82) is 0 Å². The Labute approximate surface area is 135 Å². The summed E-state index contributed by atoms with van der Waals surface area (Å²) in [6.07, 6.45) is 2.68. The van der Waals surface area contributed by atoms with E-state index in [1.165, 1.54) is 6.92 Å². The fourth-order valence-corrected chi connectivity index (χ4v) is 3.07. The molecule has 1 aromatic rings. The number of nitrogens with zero attached hydrogens (tertiary/aromatic N) is 1. The van der Waals surface area contributed by atoms with Gasteiger partial charge in [0.15, 0.2) is 0 Å². The molecule has 0 radical (unpaired) electrons. The van der Waals surface area contributed by atoms with Crippen LogP contribution in [0.15, 0.2) is 18.2 Å². The molecule has 0 atom stereocenters. The molecule has 1 aromatic carbocycles. The average molecular weight is 318 g/mol. The number of rotatable bonds is 4. The number of benzene rings is 1. The first kappa shape index (κ1) is 16.0. The van der Waals surface area contributed by atoms with E-state index in [0.29, 0.717) is 31.0 Å². The molecule has 6 nitrogen and oxygen atoms in total. The van der Waals surface area contributed by atoms with Crippen LogP contribution in [0.25, 0.3) is 0 Å². The summed E-state index contributed by atoms with van der Waals surface area (Å²) >= 11 is 0. The minimum Gasteiger partial charge on any atom is -0.338 e. The van der Waals surface area contributed by atoms with Crippen molar-refractivity contribution in [1.82, 2.24) is 0 Å². The zero-order chi connectivity index (χ0) is 16.4. The van der Waals surface area contributed by atoms with Gasteiger partial charge in [-0.05, 0) is 31.0 Å². The number of amides is 2. The van der Waals surface area contributed by atoms with Gasteiger partial charge in [-0.25, -0.2) is 0 Å². The van der Waals surface area contributed by atoms with Gasteiger partial charge < -0.3 is 19.7 Å². The Morgan fingerprint density at radius 2 is 2.09 bits per heavy atom. The van der Waals surface area contributed by atoms with Crippen molar-refractivity contribution in [3.8, 4) is 0 Å². The molecule has 1 spiro atoms. The van der Waals surface area contributed by atoms with Gasteiger partial charge in [-0.1, -0.05) is 13.3 Å². The lowest BCUT2D eigenvalue weighted by molar-refractivity contribution is -0.256. The number of anilines is 2. The van der Waals surface area contributed by atoms with Crippen molar-refractivity contribution < 1.29 is 19.1 Å². The predicted octanol–water partition coefficient (Wildman–Crippen LogP) is 2.38. The molecular weight excluding hydrogens is 296 g/mol. The predicted molar refractivity (Wildman–Crippen MR) is 86.2 cm³/mol. The summed E-state index contributed by atoms with van der Waals surface area (Å²) in [7, 11) is 0. The summed E-state index contributed by atoms with van der Waals surface area (Å²) in [4.78, 5) is 26.0. The number of unbranched alkanes of at least 4 members (excludes halogenated alkanes) is 1. The Kier molecular flexibility index (Phi) is 4.37. The zero-order valence-corrected chi connectivity index (χ0v) is 13.6. The molecule has 0 unspecified atom stereocenters. The molecular formula is C17H22N2O4. The SMILES string of the molecule is CCCCN1C(=O)C2(OCCCO2)c2cc(NC(C)=O)ccc21. The Morgan fingerprint density at radius 1 is 1.35 bits per heavy atom. The Bertz CT molecular complexity index is 623. The van der Waals surface area contributed by atoms with Gasteiger partial charge in [0.25, 0.3) is 11.7 Å². The summed E-state index contributed by atoms with van der Waals surface area (Å²) in [6.45, 7) is 5.14. The highest BCUT2D eigenvalue weighted by Crippen LogP contribution is 2.46. The van der Waals surface area contributed by atoms with Gasteiger partial charge in [0, 0.05) is 24.7 Å². The number of fused-ring (bicyclic) bond motifs is 2. The highest BCUT2D eigenvalue weighted by Gasteiger charge is 2.54. The lowest BCUT2D eigenvalue weighted by Gasteiger charge is -2.32. The van der Waals surface area contributed by atoms with Crippen LogP contribution in [0, 0.1) is 0 Å². The van der Waals surface area contributed by atoms with Gasteiger partial charge in [0.05, 0.1) is 18.9 Å². The second-order valence-corrected chi connectivity index (χ2v) is 5.89. The molecule has 2 heterocycles. The molecule has 124 valence electrons. The van der Waals surface area contributed by atoms with Crippen LogP contribution >= 0.6 is 0 Å². The minimum absolute atomic E-state index is 0.156. The van der Waals surface area contributed by atoms with Crippen molar-refractivity contribution in [2.75, 3.05) is 30.0 Å². The van der Waals surface area contributed by atoms with Gasteiger partial charge in [-0.15, -0.1) is 0 Å². The molecule has 1 fully saturated rings. The van der Waals surface area contributed by atoms with E-state index in [1.54, 1.807) is 17.0 Å². The molecule has 3 rings (SSSR count). The number of carbonyl (C=O) groups excluding carboxylic acids is 2. The first-order chi connectivity index (χ1) is 11.1. The molecule has 0 bridgehead atoms. The summed E-state index contributed by atoms with van der Waals surface area (Å²) in [6, 6.07) is 5.43. The highest BCUT2D eigenvalue weighted by molar-refractivity contribution is 6.06. The monoisotopic (exact) mass is 318 g/mol. The maximum Gasteiger partial charge on any atom is 0.292 e. The molecule has 2 aliphatic rings. The van der Waals surface area contributed by atoms with Crippen molar-refractivity contribution in [2.45, 2.75) is 38.9 Å². The third-order valence-electron chi connectivity index (χ3n) is 4.12. The van der Waals surface area contributed by atoms with Gasteiger partial charge in [-0.3, -0.25) is 9.59 Å². The van der Waals surface area contributed by atoms with Gasteiger partial charge >= 0.3 is 0 Å². The largest absolute Gasteiger partial charge is 0.338 e. The second-order valence-electron chi connectivity index (χ2n) is 5.89. The van der Waals surface area contributed by atoms with Crippen LogP contribution in [0.1, 0.15) is 38.7 Å². The minimum atomic E-state index is -1.35. The average Bonchev–Trinajstić information content (AvgIpc) is 2.75. The van der Waals surface area contributed by atoms with Crippen molar-refractivity contribution >= 4 is 23.2 Å². The lowest BCUT2D eigenvalue weighted by Crippen LogP contribution is -2.47. The summed E-state index contributed by atoms with van der Waals surface area (Å²) < 4.78 is 11.6. The molecule has 23 heavy (non-hydrogen) atoms. The summed E-state index contributed by atoms with van der Waals surface area (Å²) in [5, 5.41) is 2.75. The fourth-order valence-electron chi connectivity index (χ4n) is 3.07. The molecule has 0 saturated carbocycles. The number of nitrogens with one attached hydrogen (secondary N) is 1. The van der Waals surface area contributed by atoms with Crippen LogP contribution < -0.4 is 10.2 Å². The standard InChI is InChI=1S/C17H22N2O4/c1-3-4-8-19-15-7-6-13(18-12(2)20)11-14(15)17(16(19)21)22-9-5-10-23-17/h6-7,11H,3-5,8-10H2,1-2H3,(H,18,20). The van der Waals surface area contributed by atoms with Gasteiger partial charge in [0.2, 0.25) is 5.91 Å². The smallest absolute Gasteiger partial charge is 0.292 e. The quantitative estimate of drug-likeness (QED) is 0.925. The third kappa shape index (κ3) is 2.72. The van der Waals surface area contributed by atoms with Crippen LogP contribution in [0.2, 0.25) is 0 Å². The highest BCUT2D eigenvalue weighted by atomic mass is 16.7. The van der Waals surface area contributed by atoms with Crippen LogP contribution in [0.4, 0.5) is 11.4 Å². The van der Waals surface area contributed by atoms with Crippen molar-refractivity contribution in [3.63, 3.8) is 0 Å². The van der Waals surface area contributed by atoms with E-state index in [4.69, 9.17) is 9.47 Å². The first-order valence-corrected chi connectivity index (χ1v) is 8.10. The summed E-state index contributed by atoms with van der Waals surface area (Å²) in [5.74, 6) is -1.67. The van der Waals surface area contributed by atoms with E-state index in [0.717, 1.165) is 24.9 Å². The van der Waals surface area contributed by atoms with E-state index in [1.807, 2.05) is 6.07 Å². The Balaban J connectivity index is 2.03. The number of carbonyl (C=O) groups is 2. The van der Waals surface area contributed by atoms with Crippen LogP contribution in [-0.2, 0) is 24.8 Å². The fraction of sp³-hybridized carbons (Fsp3) is 0.529. The van der Waals surface area contributed by atoms with Crippen LogP contribution in [-0.4, -0.2) is 31.6 Å². The molecule has 0 aromatic heterocycles. The number of hydrogen-bond acceptors (Lipinski definition) is 4. The summed E-state index contributed by atoms with van der Waals surface area (Å²) in [5.41, 5.74) is 2.13. The van der Waals surface area contributed by atoms with E-state index in [9.17, 15) is 9.59 Å². The Hall–Kier alpha value is -1.92. The molecule has 2 amide bonds. The van der Waals surface area contributed by atoms with E-state index < -0.39 is 5.79 Å². The maximum absolute atomic E-state index is 13.0. The molecule has 0 aliphatic carbocycles. The Morgan fingerprint density at radius 3 is 2.74 bits per heavy atom. The van der Waals surface area contributed by atoms with Crippen molar-refractivity contribution in [3.05, 3.63) is 23.8 Å². The number of ether oxygens (including phenoxy) is 2. The van der Waals surface area contributed by atoms with Crippen LogP contribution in [0.5, 0.6) is 0 Å². The maximum atomic E-state index is 13.0. The molecule has 2 aliphatic heterocycles. The van der Waals surface area contributed by atoms with E-state index in [2.05, 4.69) is 12.2 Å². The second kappa shape index (κ2) is 6.29. The van der Waals surface area contributed by atoms with E-state index in [-0.39, 0.29) is 11.8 Å². The topological polar surface area (TPSA) is 67.9 Å². The number of hydrogen-bond donors (Lipinski definition) is 1. The first-order valence-electron chi connectivity index (χ1n) is 8.10. The molecule has 1 saturated heterocycles. The molecule has 6 heteroatoms. The van der Waals surface area contributed by atoms with Crippen molar-refractivity contribution in [2.24, 2.45) is 0 Å². The lowest BCUT2D eigenvalue weighted by atomic mass is 10.1. The molecule has 1 N–H and O–H groups in total.